The summed E-state index contributed by atoms with van der Waals surface area (Å²) in [6.07, 6.45) is 0.956. The zero-order valence-corrected chi connectivity index (χ0v) is 9.55. The molecule has 1 saturated carbocycles. The van der Waals surface area contributed by atoms with Gasteiger partial charge in [0, 0.05) is 17.2 Å². The van der Waals surface area contributed by atoms with Gasteiger partial charge in [0.15, 0.2) is 0 Å². The molecule has 1 unspecified atom stereocenters. The molecule has 1 amide bonds. The Hall–Kier alpha value is -1.32. The Morgan fingerprint density at radius 1 is 1.27 bits per heavy atom. The molecule has 0 aliphatic heterocycles. The highest BCUT2D eigenvalue weighted by molar-refractivity contribution is 6.01. The number of amides is 1. The normalized spacial score (nSPS) is 24.1. The van der Waals surface area contributed by atoms with Gasteiger partial charge in [0.05, 0.1) is 0 Å². The number of nitrogens with one attached hydrogen (secondary N) is 1. The molecule has 1 aliphatic carbocycles. The van der Waals surface area contributed by atoms with Crippen LogP contribution in [0.25, 0.3) is 0 Å². The highest BCUT2D eigenvalue weighted by atomic mass is 16.4. The zero-order chi connectivity index (χ0) is 11.8. The zero-order valence-electron chi connectivity index (χ0n) is 9.55. The van der Waals surface area contributed by atoms with Crippen LogP contribution in [0.2, 0.25) is 0 Å². The summed E-state index contributed by atoms with van der Waals surface area (Å²) in [5.41, 5.74) is 0.545. The lowest BCUT2D eigenvalue weighted by atomic mass is 10.1. The van der Waals surface area contributed by atoms with Crippen LogP contribution in [0.4, 0.5) is 0 Å². The van der Waals surface area contributed by atoms with Crippen LogP contribution in [0.15, 0.2) is 11.1 Å². The van der Waals surface area contributed by atoms with Crippen LogP contribution in [0.5, 0.6) is 0 Å². The lowest BCUT2D eigenvalue weighted by Crippen LogP contribution is -2.30. The molecule has 15 heavy (non-hydrogen) atoms. The summed E-state index contributed by atoms with van der Waals surface area (Å²) in [6, 6.07) is 0.182. The molecule has 0 spiro atoms. The fourth-order valence-corrected chi connectivity index (χ4v) is 1.31. The maximum Gasteiger partial charge on any atom is 0.331 e. The Balaban J connectivity index is 2.63. The topological polar surface area (TPSA) is 66.4 Å². The molecule has 84 valence electrons. The van der Waals surface area contributed by atoms with E-state index in [0.717, 1.165) is 6.42 Å². The molecule has 4 nitrogen and oxygen atoms in total. The SMILES string of the molecule is CC(C(=O)O)=C(C)C(=O)NC1CC1(C)C. The number of carboxylic acid groups (broad SMARTS) is 1. The van der Waals surface area contributed by atoms with Crippen molar-refractivity contribution in [2.75, 3.05) is 0 Å². The number of aliphatic carboxylic acids is 1. The molecule has 2 N–H and O–H groups in total. The summed E-state index contributed by atoms with van der Waals surface area (Å²) < 4.78 is 0. The number of carboxylic acids is 1. The molecule has 0 heterocycles. The van der Waals surface area contributed by atoms with Gasteiger partial charge in [-0.25, -0.2) is 4.79 Å². The number of hydrogen-bond acceptors (Lipinski definition) is 2. The van der Waals surface area contributed by atoms with Crippen molar-refractivity contribution in [3.05, 3.63) is 11.1 Å². The van der Waals surface area contributed by atoms with Gasteiger partial charge >= 0.3 is 5.97 Å². The van der Waals surface area contributed by atoms with Gasteiger partial charge in [-0.2, -0.15) is 0 Å². The van der Waals surface area contributed by atoms with Crippen LogP contribution < -0.4 is 5.32 Å². The monoisotopic (exact) mass is 211 g/mol. The third-order valence-electron chi connectivity index (χ3n) is 3.04. The van der Waals surface area contributed by atoms with E-state index in [-0.39, 0.29) is 28.5 Å². The molecule has 0 aromatic carbocycles. The van der Waals surface area contributed by atoms with E-state index in [1.165, 1.54) is 13.8 Å². The lowest BCUT2D eigenvalue weighted by molar-refractivity contribution is -0.133. The molecular weight excluding hydrogens is 194 g/mol. The van der Waals surface area contributed by atoms with Gasteiger partial charge in [-0.3, -0.25) is 4.79 Å². The molecule has 0 saturated heterocycles. The second-order valence-corrected chi connectivity index (χ2v) is 4.77. The summed E-state index contributed by atoms with van der Waals surface area (Å²) in [5, 5.41) is 11.5. The minimum Gasteiger partial charge on any atom is -0.478 e. The molecule has 0 aromatic rings. The van der Waals surface area contributed by atoms with Gasteiger partial charge in [-0.15, -0.1) is 0 Å². The van der Waals surface area contributed by atoms with Crippen molar-refractivity contribution >= 4 is 11.9 Å². The highest BCUT2D eigenvalue weighted by Gasteiger charge is 2.46. The van der Waals surface area contributed by atoms with E-state index in [9.17, 15) is 9.59 Å². The molecular formula is C11H17NO3. The first-order valence-electron chi connectivity index (χ1n) is 4.97. The standard InChI is InChI=1S/C11H17NO3/c1-6(7(2)10(14)15)9(13)12-8-5-11(8,3)4/h8H,5H2,1-4H3,(H,12,13)(H,14,15). The van der Waals surface area contributed by atoms with Crippen LogP contribution in [0.3, 0.4) is 0 Å². The molecule has 1 aliphatic rings. The molecule has 0 aromatic heterocycles. The predicted octanol–water partition coefficient (Wildman–Crippen LogP) is 1.32. The van der Waals surface area contributed by atoms with Crippen LogP contribution in [0, 0.1) is 5.41 Å². The predicted molar refractivity (Wildman–Crippen MR) is 56.3 cm³/mol. The van der Waals surface area contributed by atoms with Crippen molar-refractivity contribution in [2.24, 2.45) is 5.41 Å². The molecule has 1 fully saturated rings. The van der Waals surface area contributed by atoms with E-state index < -0.39 is 5.97 Å². The molecule has 0 radical (unpaired) electrons. The third-order valence-corrected chi connectivity index (χ3v) is 3.04. The van der Waals surface area contributed by atoms with E-state index >= 15 is 0 Å². The largest absolute Gasteiger partial charge is 0.478 e. The Bertz CT molecular complexity index is 342. The van der Waals surface area contributed by atoms with E-state index in [0.29, 0.717) is 0 Å². The fourth-order valence-electron chi connectivity index (χ4n) is 1.31. The fraction of sp³-hybridized carbons (Fsp3) is 0.636. The van der Waals surface area contributed by atoms with Gasteiger partial charge in [0.25, 0.3) is 0 Å². The summed E-state index contributed by atoms with van der Waals surface area (Å²) >= 11 is 0. The number of rotatable bonds is 3. The smallest absolute Gasteiger partial charge is 0.331 e. The summed E-state index contributed by atoms with van der Waals surface area (Å²) in [7, 11) is 0. The second-order valence-electron chi connectivity index (χ2n) is 4.77. The Morgan fingerprint density at radius 2 is 1.73 bits per heavy atom. The first-order chi connectivity index (χ1) is 6.75. The lowest BCUT2D eigenvalue weighted by Gasteiger charge is -2.08. The summed E-state index contributed by atoms with van der Waals surface area (Å²) in [6.45, 7) is 7.12. The maximum absolute atomic E-state index is 11.6. The molecule has 0 bridgehead atoms. The first kappa shape index (κ1) is 11.8. The Morgan fingerprint density at radius 3 is 2.07 bits per heavy atom. The van der Waals surface area contributed by atoms with Crippen molar-refractivity contribution < 1.29 is 14.7 Å². The van der Waals surface area contributed by atoms with Gasteiger partial charge in [0.1, 0.15) is 0 Å². The van der Waals surface area contributed by atoms with E-state index in [1.54, 1.807) is 0 Å². The molecule has 4 heteroatoms. The van der Waals surface area contributed by atoms with E-state index in [2.05, 4.69) is 19.2 Å². The quantitative estimate of drug-likeness (QED) is 0.692. The van der Waals surface area contributed by atoms with Crippen molar-refractivity contribution in [1.29, 1.82) is 0 Å². The van der Waals surface area contributed by atoms with Crippen LogP contribution in [-0.2, 0) is 9.59 Å². The summed E-state index contributed by atoms with van der Waals surface area (Å²) in [4.78, 5) is 22.2. The van der Waals surface area contributed by atoms with Crippen molar-refractivity contribution in [2.45, 2.75) is 40.2 Å². The number of carbonyl (C=O) groups is 2. The van der Waals surface area contributed by atoms with Crippen molar-refractivity contribution in [3.63, 3.8) is 0 Å². The van der Waals surface area contributed by atoms with Gasteiger partial charge in [0.2, 0.25) is 5.91 Å². The summed E-state index contributed by atoms with van der Waals surface area (Å²) in [5.74, 6) is -1.32. The van der Waals surface area contributed by atoms with E-state index in [1.807, 2.05) is 0 Å². The van der Waals surface area contributed by atoms with Crippen LogP contribution in [0.1, 0.15) is 34.1 Å². The molecule has 1 atom stereocenters. The number of carbonyl (C=O) groups excluding carboxylic acids is 1. The molecule has 1 rings (SSSR count). The Kier molecular flexibility index (Phi) is 2.88. The van der Waals surface area contributed by atoms with Gasteiger partial charge in [-0.05, 0) is 25.7 Å². The highest BCUT2D eigenvalue weighted by Crippen LogP contribution is 2.44. The average Bonchev–Trinajstić information content (AvgIpc) is 2.70. The second kappa shape index (κ2) is 3.68. The maximum atomic E-state index is 11.6. The van der Waals surface area contributed by atoms with Crippen molar-refractivity contribution in [3.8, 4) is 0 Å². The minimum atomic E-state index is -1.04. The van der Waals surface area contributed by atoms with Crippen LogP contribution in [-0.4, -0.2) is 23.0 Å². The van der Waals surface area contributed by atoms with Gasteiger partial charge < -0.3 is 10.4 Å². The first-order valence-corrected chi connectivity index (χ1v) is 4.97. The number of hydrogen-bond donors (Lipinski definition) is 2. The minimum absolute atomic E-state index is 0.103. The third kappa shape index (κ3) is 2.58. The van der Waals surface area contributed by atoms with Crippen molar-refractivity contribution in [1.82, 2.24) is 5.32 Å². The van der Waals surface area contributed by atoms with Crippen LogP contribution >= 0.6 is 0 Å². The van der Waals surface area contributed by atoms with Gasteiger partial charge in [-0.1, -0.05) is 13.8 Å². The van der Waals surface area contributed by atoms with E-state index in [4.69, 9.17) is 5.11 Å². The Labute approximate surface area is 89.4 Å². The average molecular weight is 211 g/mol.